The van der Waals surface area contributed by atoms with Crippen LogP contribution < -0.4 is 9.47 Å². The van der Waals surface area contributed by atoms with Crippen molar-refractivity contribution in [1.82, 2.24) is 0 Å². The number of ether oxygens (including phenoxy) is 4. The molecule has 0 amide bonds. The average molecular weight is 336 g/mol. The van der Waals surface area contributed by atoms with E-state index in [2.05, 4.69) is 0 Å². The highest BCUT2D eigenvalue weighted by Crippen LogP contribution is 2.43. The lowest BCUT2D eigenvalue weighted by Gasteiger charge is -2.18. The molecule has 1 aromatic carbocycles. The van der Waals surface area contributed by atoms with E-state index in [4.69, 9.17) is 18.9 Å². The van der Waals surface area contributed by atoms with E-state index in [9.17, 15) is 9.90 Å². The number of hydrogen-bond acceptors (Lipinski definition) is 6. The summed E-state index contributed by atoms with van der Waals surface area (Å²) in [6.07, 6.45) is 1.67. The molecule has 1 aliphatic carbocycles. The van der Waals surface area contributed by atoms with Crippen molar-refractivity contribution in [2.24, 2.45) is 0 Å². The van der Waals surface area contributed by atoms with E-state index < -0.39 is 6.10 Å². The number of allylic oxidation sites excluding steroid dienone is 1. The summed E-state index contributed by atoms with van der Waals surface area (Å²) in [5.41, 5.74) is 2.25. The molecule has 1 atom stereocenters. The Morgan fingerprint density at radius 2 is 1.92 bits per heavy atom. The fourth-order valence-corrected chi connectivity index (χ4v) is 2.75. The van der Waals surface area contributed by atoms with Crippen molar-refractivity contribution >= 4 is 11.5 Å². The minimum absolute atomic E-state index is 0.0910. The lowest BCUT2D eigenvalue weighted by molar-refractivity contribution is -0.136. The van der Waals surface area contributed by atoms with Gasteiger partial charge in [0.25, 0.3) is 0 Å². The van der Waals surface area contributed by atoms with Gasteiger partial charge in [-0.2, -0.15) is 0 Å². The number of carbonyl (C=O) groups excluding carboxylic acids is 1. The van der Waals surface area contributed by atoms with Crippen LogP contribution in [0.2, 0.25) is 0 Å². The quantitative estimate of drug-likeness (QED) is 0.581. The Balaban J connectivity index is 2.48. The van der Waals surface area contributed by atoms with Crippen molar-refractivity contribution in [1.29, 1.82) is 0 Å². The van der Waals surface area contributed by atoms with E-state index in [-0.39, 0.29) is 19.4 Å². The maximum Gasteiger partial charge on any atom is 0.334 e. The van der Waals surface area contributed by atoms with Gasteiger partial charge < -0.3 is 24.1 Å². The van der Waals surface area contributed by atoms with E-state index in [0.717, 1.165) is 24.0 Å². The second-order valence-electron chi connectivity index (χ2n) is 5.64. The van der Waals surface area contributed by atoms with Crippen LogP contribution in [0.4, 0.5) is 0 Å². The van der Waals surface area contributed by atoms with Crippen LogP contribution in [0.5, 0.6) is 11.5 Å². The molecule has 0 spiro atoms. The molecule has 2 rings (SSSR count). The Labute approximate surface area is 142 Å². The van der Waals surface area contributed by atoms with E-state index in [0.29, 0.717) is 23.5 Å². The number of carbonyl (C=O) groups is 1. The first kappa shape index (κ1) is 18.3. The third kappa shape index (κ3) is 4.27. The fourth-order valence-electron chi connectivity index (χ4n) is 2.75. The van der Waals surface area contributed by atoms with Gasteiger partial charge in [0.15, 0.2) is 6.79 Å². The maximum absolute atomic E-state index is 12.1. The van der Waals surface area contributed by atoms with Gasteiger partial charge in [0.1, 0.15) is 18.1 Å². The normalized spacial score (nSPS) is 15.3. The Bertz CT molecular complexity index is 606. The first-order chi connectivity index (χ1) is 11.6. The van der Waals surface area contributed by atoms with Crippen LogP contribution in [0, 0.1) is 0 Å². The SMILES string of the molecule is COCOc1cccc(OCC(C)O)c1C1=C(C(=O)OC)CCC1. The number of methoxy groups -OCH3 is 2. The fraction of sp³-hybridized carbons (Fsp3) is 0.500. The lowest BCUT2D eigenvalue weighted by atomic mass is 9.99. The minimum Gasteiger partial charge on any atom is -0.490 e. The zero-order valence-corrected chi connectivity index (χ0v) is 14.3. The molecule has 0 fully saturated rings. The topological polar surface area (TPSA) is 74.2 Å². The van der Waals surface area contributed by atoms with Gasteiger partial charge in [0, 0.05) is 12.7 Å². The highest BCUT2D eigenvalue weighted by atomic mass is 16.7. The van der Waals surface area contributed by atoms with Gasteiger partial charge in [-0.3, -0.25) is 0 Å². The van der Waals surface area contributed by atoms with Gasteiger partial charge in [0.05, 0.1) is 18.8 Å². The van der Waals surface area contributed by atoms with Gasteiger partial charge in [-0.1, -0.05) is 6.07 Å². The molecule has 1 aromatic rings. The van der Waals surface area contributed by atoms with Crippen molar-refractivity contribution in [2.75, 3.05) is 27.6 Å². The molecule has 0 saturated carbocycles. The molecule has 1 aliphatic rings. The highest BCUT2D eigenvalue weighted by Gasteiger charge is 2.27. The Morgan fingerprint density at radius 1 is 1.21 bits per heavy atom. The van der Waals surface area contributed by atoms with Gasteiger partial charge in [-0.25, -0.2) is 4.79 Å². The third-order valence-electron chi connectivity index (χ3n) is 3.75. The molecule has 1 unspecified atom stereocenters. The number of aliphatic hydroxyl groups is 1. The summed E-state index contributed by atoms with van der Waals surface area (Å²) in [6.45, 7) is 1.90. The zero-order valence-electron chi connectivity index (χ0n) is 14.3. The van der Waals surface area contributed by atoms with Gasteiger partial charge in [-0.15, -0.1) is 0 Å². The zero-order chi connectivity index (χ0) is 17.5. The van der Waals surface area contributed by atoms with Gasteiger partial charge in [-0.05, 0) is 43.9 Å². The maximum atomic E-state index is 12.1. The van der Waals surface area contributed by atoms with Crippen LogP contribution in [0.1, 0.15) is 31.7 Å². The molecule has 0 aliphatic heterocycles. The van der Waals surface area contributed by atoms with Crippen molar-refractivity contribution in [2.45, 2.75) is 32.3 Å². The van der Waals surface area contributed by atoms with Crippen LogP contribution in [0.25, 0.3) is 5.57 Å². The Kier molecular flexibility index (Phi) is 6.63. The predicted octanol–water partition coefficient (Wildman–Crippen LogP) is 2.54. The molecule has 0 bridgehead atoms. The number of esters is 1. The molecule has 0 aromatic heterocycles. The van der Waals surface area contributed by atoms with Crippen molar-refractivity contribution < 1.29 is 28.8 Å². The summed E-state index contributed by atoms with van der Waals surface area (Å²) in [7, 11) is 2.92. The molecule has 6 nitrogen and oxygen atoms in total. The summed E-state index contributed by atoms with van der Waals surface area (Å²) in [6, 6.07) is 5.42. The van der Waals surface area contributed by atoms with Crippen LogP contribution in [0.3, 0.4) is 0 Å². The predicted molar refractivity (Wildman–Crippen MR) is 88.9 cm³/mol. The van der Waals surface area contributed by atoms with Crippen LogP contribution in [-0.4, -0.2) is 44.8 Å². The molecular weight excluding hydrogens is 312 g/mol. The standard InChI is InChI=1S/C18H24O6/c1-12(19)10-23-15-8-5-9-16(24-11-21-2)17(15)13-6-4-7-14(13)18(20)22-3/h5,8-9,12,19H,4,6-7,10-11H2,1-3H3. The van der Waals surface area contributed by atoms with E-state index in [1.807, 2.05) is 6.07 Å². The van der Waals surface area contributed by atoms with Crippen molar-refractivity contribution in [3.8, 4) is 11.5 Å². The smallest absolute Gasteiger partial charge is 0.334 e. The van der Waals surface area contributed by atoms with Crippen LogP contribution >= 0.6 is 0 Å². The molecule has 132 valence electrons. The molecular formula is C18H24O6. The highest BCUT2D eigenvalue weighted by molar-refractivity contribution is 6.00. The number of benzene rings is 1. The Morgan fingerprint density at radius 3 is 2.54 bits per heavy atom. The van der Waals surface area contributed by atoms with Crippen LogP contribution in [0.15, 0.2) is 23.8 Å². The molecule has 24 heavy (non-hydrogen) atoms. The lowest BCUT2D eigenvalue weighted by Crippen LogP contribution is -2.14. The van der Waals surface area contributed by atoms with Crippen molar-refractivity contribution in [3.63, 3.8) is 0 Å². The van der Waals surface area contributed by atoms with Crippen molar-refractivity contribution in [3.05, 3.63) is 29.3 Å². The summed E-state index contributed by atoms with van der Waals surface area (Å²) in [5.74, 6) is 0.826. The molecule has 0 heterocycles. The minimum atomic E-state index is -0.598. The summed E-state index contributed by atoms with van der Waals surface area (Å²) < 4.78 is 21.3. The molecule has 1 N–H and O–H groups in total. The Hall–Kier alpha value is -2.05. The number of aliphatic hydroxyl groups excluding tert-OH is 1. The molecule has 0 radical (unpaired) electrons. The first-order valence-corrected chi connectivity index (χ1v) is 7.94. The molecule has 6 heteroatoms. The largest absolute Gasteiger partial charge is 0.490 e. The van der Waals surface area contributed by atoms with Gasteiger partial charge in [0.2, 0.25) is 0 Å². The van der Waals surface area contributed by atoms with E-state index in [1.165, 1.54) is 7.11 Å². The summed E-state index contributed by atoms with van der Waals surface area (Å²) >= 11 is 0. The summed E-state index contributed by atoms with van der Waals surface area (Å²) in [4.78, 5) is 12.1. The average Bonchev–Trinajstić information content (AvgIpc) is 3.06. The third-order valence-corrected chi connectivity index (χ3v) is 3.75. The molecule has 0 saturated heterocycles. The van der Waals surface area contributed by atoms with E-state index >= 15 is 0 Å². The summed E-state index contributed by atoms with van der Waals surface area (Å²) in [5, 5.41) is 9.50. The van der Waals surface area contributed by atoms with Crippen LogP contribution in [-0.2, 0) is 14.3 Å². The first-order valence-electron chi connectivity index (χ1n) is 7.94. The second-order valence-corrected chi connectivity index (χ2v) is 5.64. The number of rotatable bonds is 8. The van der Waals surface area contributed by atoms with Gasteiger partial charge >= 0.3 is 5.97 Å². The number of hydrogen-bond donors (Lipinski definition) is 1. The monoisotopic (exact) mass is 336 g/mol. The second kappa shape index (κ2) is 8.70. The van der Waals surface area contributed by atoms with E-state index in [1.54, 1.807) is 26.2 Å².